The lowest BCUT2D eigenvalue weighted by atomic mass is 10.2. The second-order valence-corrected chi connectivity index (χ2v) is 4.44. The van der Waals surface area contributed by atoms with Gasteiger partial charge in [0.25, 0.3) is 0 Å². The fraction of sp³-hybridized carbons (Fsp3) is 0. The van der Waals surface area contributed by atoms with Crippen LogP contribution in [0.1, 0.15) is 5.56 Å². The lowest BCUT2D eigenvalue weighted by molar-refractivity contribution is 1.69. The Balaban J connectivity index is 0.000000165. The third kappa shape index (κ3) is 4.56. The zero-order valence-electron chi connectivity index (χ0n) is 7.46. The van der Waals surface area contributed by atoms with Gasteiger partial charge in [0.2, 0.25) is 0 Å². The van der Waals surface area contributed by atoms with Gasteiger partial charge in [-0.05, 0) is 16.3 Å². The Morgan fingerprint density at radius 3 is 1.86 bits per heavy atom. The van der Waals surface area contributed by atoms with E-state index in [1.165, 1.54) is 0 Å². The molecule has 72 valence electrons. The van der Waals surface area contributed by atoms with Crippen LogP contribution in [0.3, 0.4) is 0 Å². The average Bonchev–Trinajstić information content (AvgIpc) is 2.77. The minimum absolute atomic E-state index is 0.649. The van der Waals surface area contributed by atoms with Crippen molar-refractivity contribution in [3.05, 3.63) is 58.8 Å². The Morgan fingerprint density at radius 2 is 1.57 bits per heavy atom. The fourth-order valence-electron chi connectivity index (χ4n) is 0.808. The summed E-state index contributed by atoms with van der Waals surface area (Å²) in [6, 6.07) is 13.8. The number of thiocarbonyl (C=S) groups is 1. The zero-order chi connectivity index (χ0) is 10.2. The molecule has 1 aromatic carbocycles. The van der Waals surface area contributed by atoms with Crippen LogP contribution in [-0.4, -0.2) is 4.20 Å². The molecule has 14 heavy (non-hydrogen) atoms. The largest absolute Gasteiger partial charge is 0.152 e. The van der Waals surface area contributed by atoms with E-state index in [4.69, 9.17) is 12.2 Å². The highest BCUT2D eigenvalue weighted by Gasteiger charge is 1.89. The quantitative estimate of drug-likeness (QED) is 0.578. The van der Waals surface area contributed by atoms with Crippen LogP contribution in [0.25, 0.3) is 0 Å². The van der Waals surface area contributed by atoms with Crippen LogP contribution < -0.4 is 0 Å². The van der Waals surface area contributed by atoms with Gasteiger partial charge >= 0.3 is 0 Å². The smallest absolute Gasteiger partial charge is 0.0747 e. The molecule has 0 atom stereocenters. The van der Waals surface area contributed by atoms with Gasteiger partial charge in [0.15, 0.2) is 0 Å². The molecule has 0 aliphatic rings. The molecule has 2 rings (SSSR count). The molecule has 0 fully saturated rings. The zero-order valence-corrected chi connectivity index (χ0v) is 9.99. The molecule has 0 aliphatic carbocycles. The van der Waals surface area contributed by atoms with Gasteiger partial charge in [-0.2, -0.15) is 11.3 Å². The van der Waals surface area contributed by atoms with E-state index in [0.717, 1.165) is 5.56 Å². The number of benzene rings is 1. The summed E-state index contributed by atoms with van der Waals surface area (Å²) in [6.45, 7) is 0. The molecule has 0 spiro atoms. The van der Waals surface area contributed by atoms with Crippen LogP contribution in [0.4, 0.5) is 0 Å². The van der Waals surface area contributed by atoms with Crippen molar-refractivity contribution in [2.75, 3.05) is 0 Å². The second kappa shape index (κ2) is 6.76. The number of hydrogen-bond donors (Lipinski definition) is 1. The Labute approximate surface area is 99.0 Å². The Kier molecular flexibility index (Phi) is 5.52. The van der Waals surface area contributed by atoms with Crippen molar-refractivity contribution in [1.82, 2.24) is 0 Å². The van der Waals surface area contributed by atoms with Crippen molar-refractivity contribution in [3.8, 4) is 0 Å². The summed E-state index contributed by atoms with van der Waals surface area (Å²) in [7, 11) is 0. The first-order valence-corrected chi connectivity index (χ1v) is 5.86. The molecule has 2 aromatic rings. The first kappa shape index (κ1) is 11.4. The van der Waals surface area contributed by atoms with Crippen molar-refractivity contribution in [1.29, 1.82) is 0 Å². The standard InChI is InChI=1S/C7H6S2.C4H4S/c8-7(9)6-4-2-1-3-5-6;1-2-4-5-3-1/h1-5H,(H,8,9);1-4H. The normalized spacial score (nSPS) is 8.64. The molecule has 0 bridgehead atoms. The van der Waals surface area contributed by atoms with Gasteiger partial charge in [-0.25, -0.2) is 0 Å². The SMILES string of the molecule is S=C(S)c1ccccc1.c1ccsc1. The predicted octanol–water partition coefficient (Wildman–Crippen LogP) is 4.04. The van der Waals surface area contributed by atoms with Crippen LogP contribution in [0.15, 0.2) is 53.2 Å². The second-order valence-electron chi connectivity index (χ2n) is 2.46. The van der Waals surface area contributed by atoms with Crippen LogP contribution in [0, 0.1) is 0 Å². The maximum atomic E-state index is 4.83. The predicted molar refractivity (Wildman–Crippen MR) is 71.4 cm³/mol. The van der Waals surface area contributed by atoms with E-state index in [2.05, 4.69) is 12.6 Å². The van der Waals surface area contributed by atoms with Crippen molar-refractivity contribution in [3.63, 3.8) is 0 Å². The number of thiol groups is 1. The van der Waals surface area contributed by atoms with Crippen molar-refractivity contribution in [2.45, 2.75) is 0 Å². The maximum Gasteiger partial charge on any atom is 0.0747 e. The lowest BCUT2D eigenvalue weighted by Crippen LogP contribution is -1.83. The highest BCUT2D eigenvalue weighted by atomic mass is 32.1. The summed E-state index contributed by atoms with van der Waals surface area (Å²) >= 11 is 10.6. The molecule has 0 radical (unpaired) electrons. The van der Waals surface area contributed by atoms with E-state index in [0.29, 0.717) is 4.20 Å². The molecular weight excluding hydrogens is 228 g/mol. The van der Waals surface area contributed by atoms with Gasteiger partial charge in [-0.1, -0.05) is 54.7 Å². The highest BCUT2D eigenvalue weighted by Crippen LogP contribution is 2.02. The molecule has 0 amide bonds. The van der Waals surface area contributed by atoms with E-state index < -0.39 is 0 Å². The van der Waals surface area contributed by atoms with E-state index in [9.17, 15) is 0 Å². The first-order chi connectivity index (χ1) is 6.80. The Bertz CT molecular complexity index is 334. The molecule has 0 nitrogen and oxygen atoms in total. The number of hydrogen-bond acceptors (Lipinski definition) is 2. The third-order valence-electron chi connectivity index (χ3n) is 1.45. The minimum atomic E-state index is 0.649. The van der Waals surface area contributed by atoms with Crippen molar-refractivity contribution in [2.24, 2.45) is 0 Å². The van der Waals surface area contributed by atoms with E-state index in [1.807, 2.05) is 53.2 Å². The van der Waals surface area contributed by atoms with Gasteiger partial charge in [0, 0.05) is 0 Å². The van der Waals surface area contributed by atoms with Crippen LogP contribution in [0.5, 0.6) is 0 Å². The molecule has 1 heterocycles. The lowest BCUT2D eigenvalue weighted by Gasteiger charge is -1.91. The van der Waals surface area contributed by atoms with Crippen LogP contribution in [0.2, 0.25) is 0 Å². The van der Waals surface area contributed by atoms with Crippen molar-refractivity contribution >= 4 is 40.4 Å². The highest BCUT2D eigenvalue weighted by molar-refractivity contribution is 8.11. The van der Waals surface area contributed by atoms with Gasteiger partial charge in [0.1, 0.15) is 0 Å². The van der Waals surface area contributed by atoms with E-state index in [-0.39, 0.29) is 0 Å². The molecule has 0 saturated heterocycles. The molecule has 0 saturated carbocycles. The van der Waals surface area contributed by atoms with E-state index in [1.54, 1.807) is 11.3 Å². The Morgan fingerprint density at radius 1 is 1.00 bits per heavy atom. The Hall–Kier alpha value is -0.640. The van der Waals surface area contributed by atoms with E-state index >= 15 is 0 Å². The summed E-state index contributed by atoms with van der Waals surface area (Å²) in [5.74, 6) is 0. The molecule has 0 N–H and O–H groups in total. The molecule has 3 heteroatoms. The monoisotopic (exact) mass is 238 g/mol. The van der Waals surface area contributed by atoms with Gasteiger partial charge in [0.05, 0.1) is 4.20 Å². The molecule has 0 aliphatic heterocycles. The summed E-state index contributed by atoms with van der Waals surface area (Å²) < 4.78 is 0.649. The number of rotatable bonds is 1. The third-order valence-corrected chi connectivity index (χ3v) is 2.57. The van der Waals surface area contributed by atoms with Crippen LogP contribution in [-0.2, 0) is 0 Å². The summed E-state index contributed by atoms with van der Waals surface area (Å²) in [5, 5.41) is 4.08. The summed E-state index contributed by atoms with van der Waals surface area (Å²) in [4.78, 5) is 0. The minimum Gasteiger partial charge on any atom is -0.152 e. The summed E-state index contributed by atoms with van der Waals surface area (Å²) in [6.07, 6.45) is 0. The first-order valence-electron chi connectivity index (χ1n) is 4.06. The molecule has 1 aromatic heterocycles. The number of thiophene rings is 1. The molecule has 0 unspecified atom stereocenters. The van der Waals surface area contributed by atoms with Gasteiger partial charge in [-0.15, -0.1) is 12.6 Å². The topological polar surface area (TPSA) is 0 Å². The van der Waals surface area contributed by atoms with Crippen molar-refractivity contribution < 1.29 is 0 Å². The van der Waals surface area contributed by atoms with Gasteiger partial charge in [-0.3, -0.25) is 0 Å². The van der Waals surface area contributed by atoms with Gasteiger partial charge < -0.3 is 0 Å². The summed E-state index contributed by atoms with van der Waals surface area (Å²) in [5.41, 5.74) is 1.01. The van der Waals surface area contributed by atoms with Crippen LogP contribution >= 0.6 is 36.2 Å². The fourth-order valence-corrected chi connectivity index (χ4v) is 1.55. The maximum absolute atomic E-state index is 4.83. The molecular formula is C11H10S3. The average molecular weight is 238 g/mol.